The minimum atomic E-state index is -0.115. The molecular weight excluding hydrogens is 219 g/mol. The van der Waals surface area contributed by atoms with E-state index in [0.717, 1.165) is 0 Å². The second kappa shape index (κ2) is 3.69. The smallest absolute Gasteiger partial charge is 0.00768 e. The van der Waals surface area contributed by atoms with E-state index < -0.39 is 0 Å². The Kier molecular flexibility index (Phi) is 3.09. The van der Waals surface area contributed by atoms with Gasteiger partial charge in [-0.1, -0.05) is 44.8 Å². The molecule has 0 saturated carbocycles. The number of halogens is 1. The summed E-state index contributed by atoms with van der Waals surface area (Å²) < 4.78 is 0. The Morgan fingerprint density at radius 1 is 1.09 bits per heavy atom. The molecule has 0 heterocycles. The highest BCUT2D eigenvalue weighted by Crippen LogP contribution is 2.38. The van der Waals surface area contributed by atoms with Gasteiger partial charge in [0, 0.05) is 0 Å². The van der Waals surface area contributed by atoms with Gasteiger partial charge in [-0.3, -0.25) is 0 Å². The summed E-state index contributed by atoms with van der Waals surface area (Å²) in [6.45, 7) is 6.38. The molecule has 0 bridgehead atoms. The maximum absolute atomic E-state index is 3.62. The van der Waals surface area contributed by atoms with Crippen molar-refractivity contribution in [2.75, 3.05) is 6.66 Å². The van der Waals surface area contributed by atoms with Gasteiger partial charge in [-0.2, -0.15) is 0 Å². The Morgan fingerprint density at radius 3 is 1.91 bits per heavy atom. The average Bonchev–Trinajstić information content (AvgIpc) is 1.85. The number of rotatable bonds is 1. The van der Waals surface area contributed by atoms with Crippen molar-refractivity contribution in [2.45, 2.75) is 13.8 Å². The molecular formula is C9H12BrP. The van der Waals surface area contributed by atoms with Crippen LogP contribution in [0.4, 0.5) is 0 Å². The van der Waals surface area contributed by atoms with Crippen molar-refractivity contribution in [3.8, 4) is 0 Å². The first-order valence-corrected chi connectivity index (χ1v) is 7.38. The first kappa shape index (κ1) is 9.22. The zero-order valence-corrected chi connectivity index (χ0v) is 9.54. The summed E-state index contributed by atoms with van der Waals surface area (Å²) in [7, 11) is 0. The molecule has 0 aliphatic heterocycles. The van der Waals surface area contributed by atoms with E-state index in [0.29, 0.717) is 0 Å². The fraction of sp³-hybridized carbons (Fsp3) is 0.333. The van der Waals surface area contributed by atoms with Crippen molar-refractivity contribution in [3.63, 3.8) is 0 Å². The van der Waals surface area contributed by atoms with Gasteiger partial charge in [-0.05, 0) is 32.4 Å². The van der Waals surface area contributed by atoms with E-state index in [1.54, 1.807) is 0 Å². The third-order valence-electron chi connectivity index (χ3n) is 1.56. The second-order valence-electron chi connectivity index (χ2n) is 2.82. The van der Waals surface area contributed by atoms with Crippen molar-refractivity contribution in [3.05, 3.63) is 29.3 Å². The largest absolute Gasteiger partial charge is 0.0563 e. The number of benzene rings is 1. The van der Waals surface area contributed by atoms with E-state index in [2.05, 4.69) is 54.2 Å². The first-order valence-electron chi connectivity index (χ1n) is 3.57. The maximum atomic E-state index is 3.62. The third kappa shape index (κ3) is 2.57. The molecule has 1 aromatic rings. The van der Waals surface area contributed by atoms with Gasteiger partial charge < -0.3 is 0 Å². The summed E-state index contributed by atoms with van der Waals surface area (Å²) in [6.07, 6.45) is 0. The molecule has 0 N–H and O–H groups in total. The quantitative estimate of drug-likeness (QED) is 0.650. The molecule has 1 rings (SSSR count). The van der Waals surface area contributed by atoms with Crippen LogP contribution in [0.5, 0.6) is 0 Å². The van der Waals surface area contributed by atoms with Gasteiger partial charge >= 0.3 is 0 Å². The molecule has 0 nitrogen and oxygen atoms in total. The lowest BCUT2D eigenvalue weighted by molar-refractivity contribution is 1.40. The lowest BCUT2D eigenvalue weighted by Gasteiger charge is -2.06. The molecule has 0 spiro atoms. The summed E-state index contributed by atoms with van der Waals surface area (Å²) in [5, 5.41) is 1.43. The summed E-state index contributed by atoms with van der Waals surface area (Å²) in [4.78, 5) is 0. The highest BCUT2D eigenvalue weighted by atomic mass is 79.9. The predicted octanol–water partition coefficient (Wildman–Crippen LogP) is 3.35. The van der Waals surface area contributed by atoms with Gasteiger partial charge in [0.1, 0.15) is 0 Å². The van der Waals surface area contributed by atoms with Crippen molar-refractivity contribution in [1.29, 1.82) is 0 Å². The van der Waals surface area contributed by atoms with Crippen molar-refractivity contribution < 1.29 is 0 Å². The second-order valence-corrected chi connectivity index (χ2v) is 7.49. The van der Waals surface area contributed by atoms with E-state index in [4.69, 9.17) is 0 Å². The van der Waals surface area contributed by atoms with Crippen LogP contribution in [0.15, 0.2) is 18.2 Å². The van der Waals surface area contributed by atoms with Gasteiger partial charge in [0.2, 0.25) is 0 Å². The molecule has 60 valence electrons. The summed E-state index contributed by atoms with van der Waals surface area (Å²) in [6, 6.07) is 6.69. The van der Waals surface area contributed by atoms with Crippen LogP contribution in [0.3, 0.4) is 0 Å². The van der Waals surface area contributed by atoms with Gasteiger partial charge in [0.15, 0.2) is 0 Å². The number of hydrogen-bond donors (Lipinski definition) is 0. The minimum Gasteiger partial charge on any atom is -0.0563 e. The fourth-order valence-electron chi connectivity index (χ4n) is 1.13. The summed E-state index contributed by atoms with van der Waals surface area (Å²) in [5.41, 5.74) is 2.71. The number of hydrogen-bond acceptors (Lipinski definition) is 0. The third-order valence-corrected chi connectivity index (χ3v) is 3.76. The monoisotopic (exact) mass is 230 g/mol. The molecule has 0 aliphatic rings. The molecule has 0 saturated heterocycles. The highest BCUT2D eigenvalue weighted by molar-refractivity contribution is 9.40. The van der Waals surface area contributed by atoms with Gasteiger partial charge in [-0.15, -0.1) is 0 Å². The van der Waals surface area contributed by atoms with E-state index in [1.807, 2.05) is 0 Å². The van der Waals surface area contributed by atoms with Crippen LogP contribution < -0.4 is 5.30 Å². The molecule has 0 aromatic heterocycles. The van der Waals surface area contributed by atoms with Gasteiger partial charge in [-0.25, -0.2) is 0 Å². The summed E-state index contributed by atoms with van der Waals surface area (Å²) in [5.74, 6) is 0. The zero-order valence-electron chi connectivity index (χ0n) is 7.06. The Balaban J connectivity index is 3.08. The molecule has 11 heavy (non-hydrogen) atoms. The van der Waals surface area contributed by atoms with Crippen LogP contribution in [-0.4, -0.2) is 6.66 Å². The van der Waals surface area contributed by atoms with E-state index >= 15 is 0 Å². The molecule has 2 heteroatoms. The van der Waals surface area contributed by atoms with Gasteiger partial charge in [0.05, 0.1) is 0 Å². The van der Waals surface area contributed by atoms with Gasteiger partial charge in [0.25, 0.3) is 0 Å². The van der Waals surface area contributed by atoms with Crippen LogP contribution in [-0.2, 0) is 0 Å². The van der Waals surface area contributed by atoms with Crippen molar-refractivity contribution in [2.24, 2.45) is 0 Å². The van der Waals surface area contributed by atoms with Crippen molar-refractivity contribution >= 4 is 27.4 Å². The molecule has 0 radical (unpaired) electrons. The SMILES string of the molecule is Cc1cc(C)cc(P(C)Br)c1. The zero-order chi connectivity index (χ0) is 8.43. The van der Waals surface area contributed by atoms with Crippen LogP contribution in [0.25, 0.3) is 0 Å². The highest BCUT2D eigenvalue weighted by Gasteiger charge is 2.00. The number of aryl methyl sites for hydroxylation is 2. The molecule has 1 aromatic carbocycles. The van der Waals surface area contributed by atoms with E-state index in [-0.39, 0.29) is 6.62 Å². The average molecular weight is 231 g/mol. The lowest BCUT2D eigenvalue weighted by Crippen LogP contribution is -1.97. The molecule has 1 unspecified atom stereocenters. The standard InChI is InChI=1S/C9H12BrP/c1-7-4-8(2)6-9(5-7)11(3)10/h4-6H,1-3H3. The Hall–Kier alpha value is 0.130. The maximum Gasteiger partial charge on any atom is -0.00768 e. The van der Waals surface area contributed by atoms with Crippen molar-refractivity contribution in [1.82, 2.24) is 0 Å². The predicted molar refractivity (Wildman–Crippen MR) is 57.3 cm³/mol. The van der Waals surface area contributed by atoms with E-state index in [9.17, 15) is 0 Å². The topological polar surface area (TPSA) is 0 Å². The lowest BCUT2D eigenvalue weighted by atomic mass is 10.2. The first-order chi connectivity index (χ1) is 5.09. The molecule has 0 aliphatic carbocycles. The fourth-order valence-corrected chi connectivity index (χ4v) is 2.51. The Labute approximate surface area is 77.5 Å². The van der Waals surface area contributed by atoms with Crippen LogP contribution in [0, 0.1) is 13.8 Å². The summed E-state index contributed by atoms with van der Waals surface area (Å²) >= 11 is 3.62. The molecule has 0 fully saturated rings. The minimum absolute atomic E-state index is 0.115. The van der Waals surface area contributed by atoms with E-state index in [1.165, 1.54) is 16.4 Å². The normalized spacial score (nSPS) is 13.1. The molecule has 1 atom stereocenters. The van der Waals surface area contributed by atoms with Crippen LogP contribution in [0.1, 0.15) is 11.1 Å². The molecule has 0 amide bonds. The Morgan fingerprint density at radius 2 is 1.55 bits per heavy atom. The Bertz CT molecular complexity index is 235. The van der Waals surface area contributed by atoms with Crippen LogP contribution >= 0.6 is 22.1 Å². The van der Waals surface area contributed by atoms with Crippen LogP contribution in [0.2, 0.25) is 0 Å².